The van der Waals surface area contributed by atoms with Gasteiger partial charge in [0.25, 0.3) is 11.7 Å². The van der Waals surface area contributed by atoms with E-state index in [0.29, 0.717) is 31.0 Å². The van der Waals surface area contributed by atoms with Gasteiger partial charge in [0, 0.05) is 5.56 Å². The summed E-state index contributed by atoms with van der Waals surface area (Å²) in [7, 11) is 4.01. The molecule has 1 amide bonds. The van der Waals surface area contributed by atoms with E-state index in [1.165, 1.54) is 4.90 Å². The number of hydrogen-bond donors (Lipinski definition) is 2. The summed E-state index contributed by atoms with van der Waals surface area (Å²) in [6, 6.07) is 12.6. The number of rotatable bonds is 8. The molecule has 0 aromatic heterocycles. The number of aliphatic hydroxyl groups excluding tert-OH is 1. The molecule has 1 fully saturated rings. The second kappa shape index (κ2) is 10.5. The fourth-order valence-corrected chi connectivity index (χ4v) is 4.26. The van der Waals surface area contributed by atoms with Gasteiger partial charge in [-0.25, -0.2) is 0 Å². The normalized spacial score (nSPS) is 17.8. The largest absolute Gasteiger partial charge is 0.507 e. The highest BCUT2D eigenvalue weighted by atomic mass is 16.5. The maximum absolute atomic E-state index is 13.3. The molecule has 6 heteroatoms. The van der Waals surface area contributed by atoms with Crippen molar-refractivity contribution >= 4 is 17.4 Å². The van der Waals surface area contributed by atoms with E-state index in [0.717, 1.165) is 16.7 Å². The molecule has 1 aliphatic rings. The van der Waals surface area contributed by atoms with Crippen molar-refractivity contribution in [2.45, 2.75) is 39.2 Å². The number of carbonyl (C=O) groups is 2. The van der Waals surface area contributed by atoms with Crippen LogP contribution in [0.25, 0.3) is 5.76 Å². The lowest BCUT2D eigenvalue weighted by Gasteiger charge is -2.27. The Hall–Kier alpha value is -3.38. The van der Waals surface area contributed by atoms with E-state index < -0.39 is 17.7 Å². The van der Waals surface area contributed by atoms with Gasteiger partial charge in [0.1, 0.15) is 18.1 Å². The lowest BCUT2D eigenvalue weighted by molar-refractivity contribution is -0.857. The monoisotopic (exact) mass is 477 g/mol. The van der Waals surface area contributed by atoms with Crippen molar-refractivity contribution in [1.29, 1.82) is 0 Å². The van der Waals surface area contributed by atoms with Crippen LogP contribution in [0.1, 0.15) is 49.1 Å². The molecule has 0 radical (unpaired) electrons. The highest BCUT2D eigenvalue weighted by molar-refractivity contribution is 6.46. The molecule has 3 rings (SSSR count). The molecule has 1 atom stereocenters. The van der Waals surface area contributed by atoms with Crippen LogP contribution in [-0.2, 0) is 15.0 Å². The Morgan fingerprint density at radius 2 is 1.80 bits per heavy atom. The zero-order valence-electron chi connectivity index (χ0n) is 21.6. The van der Waals surface area contributed by atoms with Gasteiger partial charge in [-0.15, -0.1) is 0 Å². The van der Waals surface area contributed by atoms with E-state index in [2.05, 4.69) is 27.4 Å². The molecule has 2 aromatic rings. The Morgan fingerprint density at radius 1 is 1.14 bits per heavy atom. The zero-order valence-corrected chi connectivity index (χ0v) is 21.6. The summed E-state index contributed by atoms with van der Waals surface area (Å²) in [6.07, 6.45) is 1.66. The summed E-state index contributed by atoms with van der Waals surface area (Å²) in [5.74, 6) is -0.766. The number of ketones is 1. The molecule has 1 aliphatic heterocycles. The number of Topliss-reactive ketones (excluding diaryl/α,β-unsaturated/α-hetero) is 1. The number of nitrogens with one attached hydrogen (secondary N) is 1. The average molecular weight is 478 g/mol. The summed E-state index contributed by atoms with van der Waals surface area (Å²) >= 11 is 0. The summed E-state index contributed by atoms with van der Waals surface area (Å²) in [6.45, 7) is 13.4. The van der Waals surface area contributed by atoms with E-state index in [4.69, 9.17) is 4.74 Å². The van der Waals surface area contributed by atoms with Crippen LogP contribution in [0.4, 0.5) is 0 Å². The van der Waals surface area contributed by atoms with Crippen molar-refractivity contribution in [2.24, 2.45) is 0 Å². The Balaban J connectivity index is 2.12. The first kappa shape index (κ1) is 26.2. The van der Waals surface area contributed by atoms with E-state index >= 15 is 0 Å². The number of aryl methyl sites for hydroxylation is 1. The first-order chi connectivity index (χ1) is 16.5. The lowest BCUT2D eigenvalue weighted by Crippen LogP contribution is -3.06. The Labute approximate surface area is 208 Å². The van der Waals surface area contributed by atoms with Gasteiger partial charge in [0.05, 0.1) is 38.8 Å². The van der Waals surface area contributed by atoms with E-state index in [9.17, 15) is 14.7 Å². The van der Waals surface area contributed by atoms with Crippen LogP contribution in [0.15, 0.2) is 60.7 Å². The van der Waals surface area contributed by atoms with Crippen LogP contribution in [-0.4, -0.2) is 55.5 Å². The fourth-order valence-electron chi connectivity index (χ4n) is 4.26. The highest BCUT2D eigenvalue weighted by Gasteiger charge is 2.46. The van der Waals surface area contributed by atoms with Crippen molar-refractivity contribution in [3.05, 3.63) is 82.9 Å². The van der Waals surface area contributed by atoms with Crippen LogP contribution in [0.3, 0.4) is 0 Å². The summed E-state index contributed by atoms with van der Waals surface area (Å²) in [5, 5.41) is 11.4. The zero-order chi connectivity index (χ0) is 25.9. The van der Waals surface area contributed by atoms with Gasteiger partial charge < -0.3 is 19.6 Å². The van der Waals surface area contributed by atoms with Gasteiger partial charge in [0.15, 0.2) is 0 Å². The SMILES string of the molecule is C=CCOc1ccc(C(O)=C2C(=O)C(=O)N(CC[NH+](C)C)[C@H]2c2ccc(C(C)(C)C)cc2)c(C)c1. The molecule has 2 N–H and O–H groups in total. The number of benzene rings is 2. The number of likely N-dealkylation sites (N-methyl/N-ethyl adjacent to an activating group) is 1. The summed E-state index contributed by atoms with van der Waals surface area (Å²) < 4.78 is 5.59. The summed E-state index contributed by atoms with van der Waals surface area (Å²) in [5.41, 5.74) is 3.30. The van der Waals surface area contributed by atoms with E-state index in [1.54, 1.807) is 29.2 Å². The third kappa shape index (κ3) is 5.65. The fraction of sp³-hybridized carbons (Fsp3) is 0.379. The topological polar surface area (TPSA) is 71.3 Å². The first-order valence-electron chi connectivity index (χ1n) is 12.0. The number of quaternary nitrogens is 1. The van der Waals surface area contributed by atoms with Gasteiger partial charge in [-0.2, -0.15) is 0 Å². The molecule has 0 saturated carbocycles. The van der Waals surface area contributed by atoms with Gasteiger partial charge >= 0.3 is 0 Å². The molecule has 0 bridgehead atoms. The Morgan fingerprint density at radius 3 is 2.34 bits per heavy atom. The van der Waals surface area contributed by atoms with Crippen molar-refractivity contribution in [2.75, 3.05) is 33.8 Å². The maximum atomic E-state index is 13.3. The minimum Gasteiger partial charge on any atom is -0.507 e. The van der Waals surface area contributed by atoms with Crippen LogP contribution in [0.5, 0.6) is 5.75 Å². The number of nitrogens with zero attached hydrogens (tertiary/aromatic N) is 1. The standard InChI is InChI=1S/C29H36N2O4/c1-8-17-35-22-13-14-23(19(2)18-22)26(32)24-25(20-9-11-21(12-10-20)29(3,4)5)31(16-15-30(6)7)28(34)27(24)33/h8-14,18,25,32H,1,15-17H2,2-7H3/p+1/t25-/m0/s1. The number of carbonyl (C=O) groups excluding carboxylic acids is 2. The minimum atomic E-state index is -0.660. The Bertz CT molecular complexity index is 1140. The maximum Gasteiger partial charge on any atom is 0.295 e. The van der Waals surface area contributed by atoms with Crippen molar-refractivity contribution < 1.29 is 24.3 Å². The van der Waals surface area contributed by atoms with Crippen molar-refractivity contribution in [3.8, 4) is 5.75 Å². The molecule has 1 heterocycles. The minimum absolute atomic E-state index is 0.0266. The smallest absolute Gasteiger partial charge is 0.295 e. The molecule has 0 aliphatic carbocycles. The van der Waals surface area contributed by atoms with Gasteiger partial charge in [-0.05, 0) is 47.2 Å². The number of amides is 1. The molecule has 6 nitrogen and oxygen atoms in total. The van der Waals surface area contributed by atoms with Gasteiger partial charge in [-0.3, -0.25) is 9.59 Å². The third-order valence-corrected chi connectivity index (χ3v) is 6.31. The number of likely N-dealkylation sites (tertiary alicyclic amines) is 1. The number of ether oxygens (including phenoxy) is 1. The predicted octanol–water partition coefficient (Wildman–Crippen LogP) is 3.42. The van der Waals surface area contributed by atoms with Crippen LogP contribution >= 0.6 is 0 Å². The van der Waals surface area contributed by atoms with Gasteiger partial charge in [0.2, 0.25) is 0 Å². The predicted molar refractivity (Wildman–Crippen MR) is 139 cm³/mol. The first-order valence-corrected chi connectivity index (χ1v) is 12.0. The van der Waals surface area contributed by atoms with Crippen LogP contribution in [0.2, 0.25) is 0 Å². The highest BCUT2D eigenvalue weighted by Crippen LogP contribution is 2.40. The average Bonchev–Trinajstić information content (AvgIpc) is 3.05. The molecular weight excluding hydrogens is 440 g/mol. The third-order valence-electron chi connectivity index (χ3n) is 6.31. The quantitative estimate of drug-likeness (QED) is 0.265. The van der Waals surface area contributed by atoms with E-state index in [-0.39, 0.29) is 16.7 Å². The molecule has 0 spiro atoms. The van der Waals surface area contributed by atoms with Crippen LogP contribution < -0.4 is 9.64 Å². The van der Waals surface area contributed by atoms with Crippen molar-refractivity contribution in [3.63, 3.8) is 0 Å². The second-order valence-corrected chi connectivity index (χ2v) is 10.4. The lowest BCUT2D eigenvalue weighted by atomic mass is 9.85. The molecule has 1 saturated heterocycles. The second-order valence-electron chi connectivity index (χ2n) is 10.4. The molecule has 35 heavy (non-hydrogen) atoms. The van der Waals surface area contributed by atoms with Crippen molar-refractivity contribution in [1.82, 2.24) is 4.90 Å². The summed E-state index contributed by atoms with van der Waals surface area (Å²) in [4.78, 5) is 29.1. The molecule has 186 valence electrons. The number of hydrogen-bond acceptors (Lipinski definition) is 4. The number of aliphatic hydroxyl groups is 1. The molecule has 0 unspecified atom stereocenters. The van der Waals surface area contributed by atoms with Gasteiger partial charge in [-0.1, -0.05) is 57.7 Å². The van der Waals surface area contributed by atoms with E-state index in [1.807, 2.05) is 45.3 Å². The molecule has 2 aromatic carbocycles. The Kier molecular flexibility index (Phi) is 7.86. The molecular formula is C29H37N2O4+. The van der Waals surface area contributed by atoms with Crippen LogP contribution in [0, 0.1) is 6.92 Å².